The average molecular weight is 350 g/mol. The molecule has 1 aromatic carbocycles. The third kappa shape index (κ3) is 3.42. The van der Waals surface area contributed by atoms with E-state index in [1.807, 2.05) is 48.7 Å². The van der Waals surface area contributed by atoms with Crippen LogP contribution in [-0.2, 0) is 9.53 Å². The van der Waals surface area contributed by atoms with Gasteiger partial charge < -0.3 is 9.30 Å². The number of aryl methyl sites for hydroxylation is 1. The maximum Gasteiger partial charge on any atom is 0.303 e. The first-order valence-corrected chi connectivity index (χ1v) is 7.31. The SMILES string of the molecule is CC(=O)OCC(=O)c1cc(C)n(-c2cccc(Br)c2)c1C. The fourth-order valence-corrected chi connectivity index (χ4v) is 2.69. The van der Waals surface area contributed by atoms with Gasteiger partial charge in [0.15, 0.2) is 6.61 Å². The first-order chi connectivity index (χ1) is 9.90. The molecule has 2 rings (SSSR count). The van der Waals surface area contributed by atoms with Crippen molar-refractivity contribution in [1.82, 2.24) is 4.57 Å². The molecule has 1 heterocycles. The van der Waals surface area contributed by atoms with Crippen LogP contribution in [0.15, 0.2) is 34.8 Å². The average Bonchev–Trinajstić information content (AvgIpc) is 2.71. The molecule has 0 radical (unpaired) electrons. The van der Waals surface area contributed by atoms with Gasteiger partial charge in [-0.05, 0) is 38.1 Å². The van der Waals surface area contributed by atoms with Crippen molar-refractivity contribution in [2.75, 3.05) is 6.61 Å². The van der Waals surface area contributed by atoms with Gasteiger partial charge in [-0.25, -0.2) is 0 Å². The maximum atomic E-state index is 12.1. The summed E-state index contributed by atoms with van der Waals surface area (Å²) in [7, 11) is 0. The Hall–Kier alpha value is -1.88. The number of carbonyl (C=O) groups is 2. The molecule has 0 saturated carbocycles. The molecule has 110 valence electrons. The molecule has 2 aromatic rings. The molecule has 0 amide bonds. The first kappa shape index (κ1) is 15.5. The zero-order valence-corrected chi connectivity index (χ0v) is 13.7. The summed E-state index contributed by atoms with van der Waals surface area (Å²) >= 11 is 3.45. The maximum absolute atomic E-state index is 12.1. The van der Waals surface area contributed by atoms with Gasteiger partial charge in [-0.3, -0.25) is 9.59 Å². The van der Waals surface area contributed by atoms with E-state index in [1.54, 1.807) is 0 Å². The van der Waals surface area contributed by atoms with Crippen LogP contribution in [0.1, 0.15) is 28.7 Å². The Morgan fingerprint density at radius 3 is 2.57 bits per heavy atom. The molecule has 0 aliphatic heterocycles. The summed E-state index contributed by atoms with van der Waals surface area (Å²) in [5.74, 6) is -0.649. The summed E-state index contributed by atoms with van der Waals surface area (Å²) in [5, 5.41) is 0. The number of benzene rings is 1. The van der Waals surface area contributed by atoms with Gasteiger partial charge in [0.2, 0.25) is 5.78 Å². The van der Waals surface area contributed by atoms with Crippen molar-refractivity contribution < 1.29 is 14.3 Å². The van der Waals surface area contributed by atoms with E-state index in [-0.39, 0.29) is 12.4 Å². The third-order valence-corrected chi connectivity index (χ3v) is 3.70. The lowest BCUT2D eigenvalue weighted by Crippen LogP contribution is -2.12. The van der Waals surface area contributed by atoms with Gasteiger partial charge in [0.1, 0.15) is 0 Å². The number of halogens is 1. The molecule has 0 spiro atoms. The number of esters is 1. The van der Waals surface area contributed by atoms with E-state index in [1.165, 1.54) is 6.92 Å². The monoisotopic (exact) mass is 349 g/mol. The Bertz CT molecular complexity index is 704. The molecular weight excluding hydrogens is 334 g/mol. The predicted molar refractivity (Wildman–Crippen MR) is 83.9 cm³/mol. The minimum atomic E-state index is -0.454. The van der Waals surface area contributed by atoms with Crippen LogP contribution >= 0.6 is 15.9 Å². The summed E-state index contributed by atoms with van der Waals surface area (Å²) in [5.41, 5.74) is 3.35. The van der Waals surface area contributed by atoms with Crippen LogP contribution in [0.3, 0.4) is 0 Å². The van der Waals surface area contributed by atoms with Crippen molar-refractivity contribution in [3.8, 4) is 5.69 Å². The van der Waals surface area contributed by atoms with Crippen molar-refractivity contribution in [3.63, 3.8) is 0 Å². The van der Waals surface area contributed by atoms with Gasteiger partial charge >= 0.3 is 5.97 Å². The second-order valence-electron chi connectivity index (χ2n) is 4.80. The van der Waals surface area contributed by atoms with E-state index < -0.39 is 5.97 Å². The molecule has 4 nitrogen and oxygen atoms in total. The fraction of sp³-hybridized carbons (Fsp3) is 0.250. The fourth-order valence-electron chi connectivity index (χ4n) is 2.30. The highest BCUT2D eigenvalue weighted by Gasteiger charge is 2.17. The standard InChI is InChI=1S/C16H16BrNO3/c1-10-7-15(16(20)9-21-12(3)19)11(2)18(10)14-6-4-5-13(17)8-14/h4-8H,9H2,1-3H3. The molecule has 0 fully saturated rings. The molecule has 0 N–H and O–H groups in total. The van der Waals surface area contributed by atoms with Gasteiger partial charge in [0.25, 0.3) is 0 Å². The second-order valence-corrected chi connectivity index (χ2v) is 5.72. The van der Waals surface area contributed by atoms with E-state index in [2.05, 4.69) is 15.9 Å². The van der Waals surface area contributed by atoms with Gasteiger partial charge in [-0.2, -0.15) is 0 Å². The van der Waals surface area contributed by atoms with Crippen LogP contribution < -0.4 is 0 Å². The highest BCUT2D eigenvalue weighted by Crippen LogP contribution is 2.23. The number of ether oxygens (including phenoxy) is 1. The highest BCUT2D eigenvalue weighted by atomic mass is 79.9. The van der Waals surface area contributed by atoms with Crippen LogP contribution in [0, 0.1) is 13.8 Å². The molecule has 1 aromatic heterocycles. The van der Waals surface area contributed by atoms with Crippen LogP contribution in [0.4, 0.5) is 0 Å². The summed E-state index contributed by atoms with van der Waals surface area (Å²) in [6, 6.07) is 9.68. The van der Waals surface area contributed by atoms with Crippen LogP contribution in [0.2, 0.25) is 0 Å². The molecule has 0 aliphatic carbocycles. The van der Waals surface area contributed by atoms with Crippen LogP contribution in [0.5, 0.6) is 0 Å². The molecule has 5 heteroatoms. The number of hydrogen-bond donors (Lipinski definition) is 0. The topological polar surface area (TPSA) is 48.3 Å². The van der Waals surface area contributed by atoms with Gasteiger partial charge in [-0.1, -0.05) is 22.0 Å². The quantitative estimate of drug-likeness (QED) is 0.625. The Balaban J connectivity index is 2.38. The van der Waals surface area contributed by atoms with E-state index in [0.717, 1.165) is 21.5 Å². The normalized spacial score (nSPS) is 10.5. The third-order valence-electron chi connectivity index (χ3n) is 3.20. The minimum Gasteiger partial charge on any atom is -0.457 e. The van der Waals surface area contributed by atoms with Crippen molar-refractivity contribution in [2.24, 2.45) is 0 Å². The van der Waals surface area contributed by atoms with Crippen LogP contribution in [-0.4, -0.2) is 22.9 Å². The van der Waals surface area contributed by atoms with Crippen molar-refractivity contribution >= 4 is 27.7 Å². The molecule has 21 heavy (non-hydrogen) atoms. The Kier molecular flexibility index (Phi) is 4.63. The number of hydrogen-bond acceptors (Lipinski definition) is 3. The highest BCUT2D eigenvalue weighted by molar-refractivity contribution is 9.10. The Labute approximate surface area is 131 Å². The van der Waals surface area contributed by atoms with Crippen LogP contribution in [0.25, 0.3) is 5.69 Å². The Morgan fingerprint density at radius 1 is 1.24 bits per heavy atom. The predicted octanol–water partition coefficient (Wildman–Crippen LogP) is 3.60. The minimum absolute atomic E-state index is 0.195. The van der Waals surface area contributed by atoms with E-state index in [9.17, 15) is 9.59 Å². The lowest BCUT2D eigenvalue weighted by Gasteiger charge is -2.10. The largest absolute Gasteiger partial charge is 0.457 e. The number of carbonyl (C=O) groups excluding carboxylic acids is 2. The van der Waals surface area contributed by atoms with Crippen molar-refractivity contribution in [3.05, 3.63) is 51.8 Å². The van der Waals surface area contributed by atoms with Crippen molar-refractivity contribution in [1.29, 1.82) is 0 Å². The molecule has 0 unspecified atom stereocenters. The van der Waals surface area contributed by atoms with E-state index in [0.29, 0.717) is 5.56 Å². The molecule has 0 aliphatic rings. The van der Waals surface area contributed by atoms with E-state index >= 15 is 0 Å². The number of Topliss-reactive ketones (excluding diaryl/α,β-unsaturated/α-hetero) is 1. The number of rotatable bonds is 4. The van der Waals surface area contributed by atoms with E-state index in [4.69, 9.17) is 4.74 Å². The first-order valence-electron chi connectivity index (χ1n) is 6.51. The lowest BCUT2D eigenvalue weighted by molar-refractivity contribution is -0.139. The molecular formula is C16H16BrNO3. The lowest BCUT2D eigenvalue weighted by atomic mass is 10.1. The summed E-state index contributed by atoms with van der Waals surface area (Å²) < 4.78 is 7.76. The number of nitrogens with zero attached hydrogens (tertiary/aromatic N) is 1. The number of aromatic nitrogens is 1. The molecule has 0 saturated heterocycles. The smallest absolute Gasteiger partial charge is 0.303 e. The summed E-state index contributed by atoms with van der Waals surface area (Å²) in [6.45, 7) is 4.89. The summed E-state index contributed by atoms with van der Waals surface area (Å²) in [6.07, 6.45) is 0. The summed E-state index contributed by atoms with van der Waals surface area (Å²) in [4.78, 5) is 22.9. The van der Waals surface area contributed by atoms with Gasteiger partial charge in [-0.15, -0.1) is 0 Å². The zero-order valence-electron chi connectivity index (χ0n) is 12.1. The molecule has 0 atom stereocenters. The molecule has 0 bridgehead atoms. The van der Waals surface area contributed by atoms with Gasteiger partial charge in [0, 0.05) is 34.0 Å². The second kappa shape index (κ2) is 6.26. The van der Waals surface area contributed by atoms with Gasteiger partial charge in [0.05, 0.1) is 0 Å². The Morgan fingerprint density at radius 2 is 1.95 bits per heavy atom. The zero-order chi connectivity index (χ0) is 15.6. The van der Waals surface area contributed by atoms with Crippen molar-refractivity contribution in [2.45, 2.75) is 20.8 Å². The number of ketones is 1.